The normalized spacial score (nSPS) is 12.3. The maximum atomic E-state index is 12.2. The molecule has 2 rings (SSSR count). The molecule has 1 aromatic heterocycles. The van der Waals surface area contributed by atoms with Crippen LogP contribution < -0.4 is 5.73 Å². The first-order chi connectivity index (χ1) is 8.56. The molecule has 2 N–H and O–H groups in total. The second-order valence-electron chi connectivity index (χ2n) is 3.68. The predicted octanol–water partition coefficient (Wildman–Crippen LogP) is 3.39. The first-order valence-electron chi connectivity index (χ1n) is 5.09. The molecule has 1 unspecified atom stereocenters. The van der Waals surface area contributed by atoms with Gasteiger partial charge in [-0.2, -0.15) is 0 Å². The van der Waals surface area contributed by atoms with Crippen molar-refractivity contribution >= 4 is 44.0 Å². The van der Waals surface area contributed by atoms with E-state index in [1.807, 2.05) is 6.07 Å². The van der Waals surface area contributed by atoms with Crippen molar-refractivity contribution in [1.82, 2.24) is 4.98 Å². The molecule has 18 heavy (non-hydrogen) atoms. The SMILES string of the molecule is Nc1ccc(S(=O)Cc2cncc(Br)c2)cc1Cl. The number of hydrogen-bond acceptors (Lipinski definition) is 3. The van der Waals surface area contributed by atoms with Crippen molar-refractivity contribution in [3.8, 4) is 0 Å². The molecular formula is C12H10BrClN2OS. The van der Waals surface area contributed by atoms with E-state index in [1.165, 1.54) is 0 Å². The molecule has 0 aliphatic rings. The summed E-state index contributed by atoms with van der Waals surface area (Å²) in [5.74, 6) is 0.396. The zero-order chi connectivity index (χ0) is 13.1. The lowest BCUT2D eigenvalue weighted by atomic mass is 10.3. The van der Waals surface area contributed by atoms with Crippen LogP contribution >= 0.6 is 27.5 Å². The Morgan fingerprint density at radius 1 is 1.33 bits per heavy atom. The van der Waals surface area contributed by atoms with Crippen LogP contribution in [0.5, 0.6) is 0 Å². The van der Waals surface area contributed by atoms with Crippen molar-refractivity contribution in [2.24, 2.45) is 0 Å². The lowest BCUT2D eigenvalue weighted by Crippen LogP contribution is -1.98. The highest BCUT2D eigenvalue weighted by atomic mass is 79.9. The summed E-state index contributed by atoms with van der Waals surface area (Å²) in [5, 5.41) is 0.424. The highest BCUT2D eigenvalue weighted by Crippen LogP contribution is 2.23. The van der Waals surface area contributed by atoms with Gasteiger partial charge in [-0.15, -0.1) is 0 Å². The van der Waals surface area contributed by atoms with Crippen LogP contribution in [-0.4, -0.2) is 9.19 Å². The molecule has 0 saturated heterocycles. The summed E-state index contributed by atoms with van der Waals surface area (Å²) in [6.45, 7) is 0. The molecule has 0 fully saturated rings. The Balaban J connectivity index is 2.19. The second-order valence-corrected chi connectivity index (χ2v) is 6.46. The van der Waals surface area contributed by atoms with E-state index >= 15 is 0 Å². The molecular weight excluding hydrogens is 336 g/mol. The molecule has 94 valence electrons. The minimum atomic E-state index is -1.16. The van der Waals surface area contributed by atoms with Crippen molar-refractivity contribution in [2.75, 3.05) is 5.73 Å². The summed E-state index contributed by atoms with van der Waals surface area (Å²) in [6.07, 6.45) is 3.38. The Bertz CT molecular complexity index is 606. The molecule has 0 aliphatic heterocycles. The second kappa shape index (κ2) is 5.82. The fourth-order valence-corrected chi connectivity index (χ4v) is 3.17. The summed E-state index contributed by atoms with van der Waals surface area (Å²) in [4.78, 5) is 4.70. The molecule has 1 atom stereocenters. The summed E-state index contributed by atoms with van der Waals surface area (Å²) >= 11 is 9.24. The van der Waals surface area contributed by atoms with E-state index in [0.717, 1.165) is 10.0 Å². The maximum Gasteiger partial charge on any atom is 0.0647 e. The van der Waals surface area contributed by atoms with Gasteiger partial charge in [0.15, 0.2) is 0 Å². The van der Waals surface area contributed by atoms with Gasteiger partial charge >= 0.3 is 0 Å². The van der Waals surface area contributed by atoms with E-state index in [2.05, 4.69) is 20.9 Å². The number of anilines is 1. The summed E-state index contributed by atoms with van der Waals surface area (Å²) < 4.78 is 13.0. The third-order valence-electron chi connectivity index (χ3n) is 2.29. The van der Waals surface area contributed by atoms with Gasteiger partial charge in [-0.05, 0) is 45.8 Å². The average molecular weight is 346 g/mol. The molecule has 1 heterocycles. The molecule has 0 aliphatic carbocycles. The number of aromatic nitrogens is 1. The molecule has 0 saturated carbocycles. The van der Waals surface area contributed by atoms with Gasteiger partial charge in [0, 0.05) is 21.8 Å². The van der Waals surface area contributed by atoms with E-state index < -0.39 is 10.8 Å². The van der Waals surface area contributed by atoms with Gasteiger partial charge in [-0.3, -0.25) is 9.19 Å². The van der Waals surface area contributed by atoms with E-state index in [9.17, 15) is 4.21 Å². The monoisotopic (exact) mass is 344 g/mol. The smallest absolute Gasteiger partial charge is 0.0647 e. The summed E-state index contributed by atoms with van der Waals surface area (Å²) in [7, 11) is -1.16. The van der Waals surface area contributed by atoms with Crippen molar-refractivity contribution in [2.45, 2.75) is 10.6 Å². The van der Waals surface area contributed by atoms with Gasteiger partial charge in [0.2, 0.25) is 0 Å². The highest BCUT2D eigenvalue weighted by Gasteiger charge is 2.08. The number of halogens is 2. The van der Waals surface area contributed by atoms with Crippen molar-refractivity contribution in [3.05, 3.63) is 51.7 Å². The molecule has 0 amide bonds. The molecule has 2 aromatic rings. The Hall–Kier alpha value is -0.910. The van der Waals surface area contributed by atoms with Crippen LogP contribution in [0, 0.1) is 0 Å². The Kier molecular flexibility index (Phi) is 4.37. The van der Waals surface area contributed by atoms with Crippen molar-refractivity contribution in [3.63, 3.8) is 0 Å². The third kappa shape index (κ3) is 3.31. The largest absolute Gasteiger partial charge is 0.398 e. The van der Waals surface area contributed by atoms with Crippen LogP contribution in [0.4, 0.5) is 5.69 Å². The topological polar surface area (TPSA) is 56.0 Å². The summed E-state index contributed by atoms with van der Waals surface area (Å²) in [5.41, 5.74) is 7.00. The maximum absolute atomic E-state index is 12.2. The van der Waals surface area contributed by atoms with Crippen molar-refractivity contribution in [1.29, 1.82) is 0 Å². The first kappa shape index (κ1) is 13.5. The standard InChI is InChI=1S/C12H10BrClN2OS/c13-9-3-8(5-16-6-9)7-18(17)10-1-2-12(15)11(14)4-10/h1-6H,7,15H2. The number of nitrogen functional groups attached to an aromatic ring is 1. The van der Waals surface area contributed by atoms with Crippen LogP contribution in [0.3, 0.4) is 0 Å². The van der Waals surface area contributed by atoms with Crippen LogP contribution in [0.15, 0.2) is 46.0 Å². The van der Waals surface area contributed by atoms with E-state index in [-0.39, 0.29) is 0 Å². The van der Waals surface area contributed by atoms with Gasteiger partial charge in [-0.1, -0.05) is 11.6 Å². The molecule has 0 radical (unpaired) electrons. The zero-order valence-electron chi connectivity index (χ0n) is 9.27. The Morgan fingerprint density at radius 3 is 2.78 bits per heavy atom. The lowest BCUT2D eigenvalue weighted by molar-refractivity contribution is 0.682. The zero-order valence-corrected chi connectivity index (χ0v) is 12.4. The molecule has 1 aromatic carbocycles. The average Bonchev–Trinajstić information content (AvgIpc) is 2.32. The Labute approximate surface area is 121 Å². The lowest BCUT2D eigenvalue weighted by Gasteiger charge is -2.05. The van der Waals surface area contributed by atoms with Crippen LogP contribution in [0.25, 0.3) is 0 Å². The van der Waals surface area contributed by atoms with Crippen molar-refractivity contribution < 1.29 is 4.21 Å². The van der Waals surface area contributed by atoms with Gasteiger partial charge in [0.25, 0.3) is 0 Å². The number of hydrogen-bond donors (Lipinski definition) is 1. The number of nitrogens with zero attached hydrogens (tertiary/aromatic N) is 1. The highest BCUT2D eigenvalue weighted by molar-refractivity contribution is 9.10. The minimum Gasteiger partial charge on any atom is -0.398 e. The van der Waals surface area contributed by atoms with E-state index in [0.29, 0.717) is 21.4 Å². The number of pyridine rings is 1. The summed E-state index contributed by atoms with van der Waals surface area (Å²) in [6, 6.07) is 6.92. The third-order valence-corrected chi connectivity index (χ3v) is 4.43. The molecule has 6 heteroatoms. The van der Waals surface area contributed by atoms with Crippen LogP contribution in [0.2, 0.25) is 5.02 Å². The molecule has 3 nitrogen and oxygen atoms in total. The quantitative estimate of drug-likeness (QED) is 0.868. The fraction of sp³-hybridized carbons (Fsp3) is 0.0833. The number of benzene rings is 1. The van der Waals surface area contributed by atoms with Gasteiger partial charge < -0.3 is 5.73 Å². The first-order valence-corrected chi connectivity index (χ1v) is 7.58. The van der Waals surface area contributed by atoms with E-state index in [1.54, 1.807) is 30.6 Å². The van der Waals surface area contributed by atoms with Gasteiger partial charge in [-0.25, -0.2) is 0 Å². The minimum absolute atomic E-state index is 0.396. The number of nitrogens with two attached hydrogens (primary N) is 1. The number of rotatable bonds is 3. The van der Waals surface area contributed by atoms with Crippen LogP contribution in [0.1, 0.15) is 5.56 Å². The van der Waals surface area contributed by atoms with Crippen LogP contribution in [-0.2, 0) is 16.6 Å². The van der Waals surface area contributed by atoms with Gasteiger partial charge in [0.05, 0.1) is 27.3 Å². The fourth-order valence-electron chi connectivity index (χ4n) is 1.42. The Morgan fingerprint density at radius 2 is 2.11 bits per heavy atom. The molecule has 0 spiro atoms. The predicted molar refractivity (Wildman–Crippen MR) is 77.9 cm³/mol. The van der Waals surface area contributed by atoms with E-state index in [4.69, 9.17) is 17.3 Å². The van der Waals surface area contributed by atoms with Gasteiger partial charge in [0.1, 0.15) is 0 Å². The molecule has 0 bridgehead atoms.